The maximum Gasteiger partial charge on any atom is 0.258 e. The van der Waals surface area contributed by atoms with Gasteiger partial charge in [-0.1, -0.05) is 74.5 Å². The van der Waals surface area contributed by atoms with Crippen LogP contribution in [-0.2, 0) is 0 Å². The lowest BCUT2D eigenvalue weighted by molar-refractivity contribution is 0.0991. The Hall–Kier alpha value is -4.13. The minimum atomic E-state index is -0.192. The molecule has 42 heavy (non-hydrogen) atoms. The molecule has 1 fully saturated rings. The second-order valence-corrected chi connectivity index (χ2v) is 11.0. The Balaban J connectivity index is 0.00000405. The van der Waals surface area contributed by atoms with Crippen LogP contribution in [-0.4, -0.2) is 56.5 Å². The minimum Gasteiger partial charge on any atom is -0.367 e. The summed E-state index contributed by atoms with van der Waals surface area (Å²) in [4.78, 5) is 33.3. The highest BCUT2D eigenvalue weighted by Crippen LogP contribution is 2.31. The van der Waals surface area contributed by atoms with E-state index in [1.54, 1.807) is 29.2 Å². The molecule has 0 aromatic heterocycles. The lowest BCUT2D eigenvalue weighted by Gasteiger charge is -2.38. The number of rotatable bonds is 8. The Kier molecular flexibility index (Phi) is 10.4. The van der Waals surface area contributed by atoms with Crippen LogP contribution in [0.3, 0.4) is 0 Å². The Bertz CT molecular complexity index is 1480. The third-order valence-corrected chi connectivity index (χ3v) is 7.53. The highest BCUT2D eigenvalue weighted by molar-refractivity contribution is 6.10. The normalized spacial score (nSPS) is 13.4. The van der Waals surface area contributed by atoms with E-state index in [0.717, 1.165) is 55.2 Å². The van der Waals surface area contributed by atoms with Gasteiger partial charge >= 0.3 is 0 Å². The van der Waals surface area contributed by atoms with Crippen molar-refractivity contribution >= 4 is 41.3 Å². The monoisotopic (exact) mass is 582 g/mol. The van der Waals surface area contributed by atoms with Crippen LogP contribution >= 0.6 is 12.4 Å². The summed E-state index contributed by atoms with van der Waals surface area (Å²) < 4.78 is 0. The number of halogens is 1. The van der Waals surface area contributed by atoms with Crippen molar-refractivity contribution in [3.05, 3.63) is 114 Å². The van der Waals surface area contributed by atoms with Crippen molar-refractivity contribution in [3.8, 4) is 11.1 Å². The predicted molar refractivity (Wildman–Crippen MR) is 176 cm³/mol. The molecule has 2 amide bonds. The summed E-state index contributed by atoms with van der Waals surface area (Å²) in [6, 6.07) is 32.7. The van der Waals surface area contributed by atoms with Crippen LogP contribution in [0, 0.1) is 5.92 Å². The summed E-state index contributed by atoms with van der Waals surface area (Å²) in [5.74, 6) is 0.369. The fraction of sp³-hybridized carbons (Fsp3) is 0.257. The van der Waals surface area contributed by atoms with Gasteiger partial charge in [-0.15, -0.1) is 12.4 Å². The molecule has 6 nitrogen and oxygen atoms in total. The fourth-order valence-corrected chi connectivity index (χ4v) is 5.45. The van der Waals surface area contributed by atoms with Gasteiger partial charge in [0.25, 0.3) is 11.8 Å². The van der Waals surface area contributed by atoms with E-state index < -0.39 is 0 Å². The number of amides is 2. The van der Waals surface area contributed by atoms with Gasteiger partial charge in [-0.3, -0.25) is 14.5 Å². The minimum absolute atomic E-state index is 0. The van der Waals surface area contributed by atoms with Crippen molar-refractivity contribution in [2.45, 2.75) is 13.8 Å². The number of hydrogen-bond donors (Lipinski definition) is 1. The Morgan fingerprint density at radius 3 is 2.10 bits per heavy atom. The number of nitrogens with one attached hydrogen (secondary N) is 1. The number of hydrogen-bond acceptors (Lipinski definition) is 4. The molecule has 1 aliphatic heterocycles. The molecule has 4 aromatic rings. The van der Waals surface area contributed by atoms with Crippen molar-refractivity contribution in [1.82, 2.24) is 4.90 Å². The van der Waals surface area contributed by atoms with Gasteiger partial charge in [0, 0.05) is 56.6 Å². The molecule has 1 aliphatic rings. The average Bonchev–Trinajstić information content (AvgIpc) is 3.01. The number of benzene rings is 4. The second-order valence-electron chi connectivity index (χ2n) is 11.0. The zero-order chi connectivity index (χ0) is 28.8. The van der Waals surface area contributed by atoms with Crippen LogP contribution < -0.4 is 15.1 Å². The number of para-hydroxylation sites is 2. The third-order valence-electron chi connectivity index (χ3n) is 7.53. The van der Waals surface area contributed by atoms with Crippen molar-refractivity contribution < 1.29 is 9.59 Å². The molecule has 7 heteroatoms. The van der Waals surface area contributed by atoms with Gasteiger partial charge < -0.3 is 15.1 Å². The summed E-state index contributed by atoms with van der Waals surface area (Å²) in [6.07, 6.45) is 0. The molecule has 0 spiro atoms. The van der Waals surface area contributed by atoms with Crippen LogP contribution in [0.2, 0.25) is 0 Å². The second kappa shape index (κ2) is 14.2. The highest BCUT2D eigenvalue weighted by atomic mass is 35.5. The zero-order valence-electron chi connectivity index (χ0n) is 24.5. The van der Waals surface area contributed by atoms with E-state index in [9.17, 15) is 9.59 Å². The van der Waals surface area contributed by atoms with Gasteiger partial charge in [-0.25, -0.2) is 0 Å². The predicted octanol–water partition coefficient (Wildman–Crippen LogP) is 7.08. The summed E-state index contributed by atoms with van der Waals surface area (Å²) in [5, 5.41) is 2.99. The molecule has 218 valence electrons. The first kappa shape index (κ1) is 30.8. The molecule has 1 heterocycles. The van der Waals surface area contributed by atoms with Crippen LogP contribution in [0.4, 0.5) is 17.1 Å². The van der Waals surface area contributed by atoms with E-state index >= 15 is 0 Å². The SMILES string of the molecule is CC(C)CN1CCN(c2ccccc2N(C)C(=O)c2ccc(NC(=O)c3ccccc3-c3ccccc3)cc2)CC1.Cl. The molecule has 0 atom stereocenters. The van der Waals surface area contributed by atoms with Crippen LogP contribution in [0.25, 0.3) is 11.1 Å². The molecule has 4 aromatic carbocycles. The molecular formula is C35H39ClN4O2. The maximum absolute atomic E-state index is 13.5. The van der Waals surface area contributed by atoms with E-state index in [-0.39, 0.29) is 24.2 Å². The van der Waals surface area contributed by atoms with E-state index in [0.29, 0.717) is 22.7 Å². The van der Waals surface area contributed by atoms with Crippen molar-refractivity contribution in [3.63, 3.8) is 0 Å². The summed E-state index contributed by atoms with van der Waals surface area (Å²) in [7, 11) is 1.83. The molecular weight excluding hydrogens is 544 g/mol. The third kappa shape index (κ3) is 7.19. The summed E-state index contributed by atoms with van der Waals surface area (Å²) >= 11 is 0. The molecule has 0 bridgehead atoms. The average molecular weight is 583 g/mol. The van der Waals surface area contributed by atoms with Crippen LogP contribution in [0.5, 0.6) is 0 Å². The smallest absolute Gasteiger partial charge is 0.258 e. The molecule has 5 rings (SSSR count). The number of piperazine rings is 1. The summed E-state index contributed by atoms with van der Waals surface area (Å²) in [5.41, 5.74) is 5.63. The first-order valence-electron chi connectivity index (χ1n) is 14.3. The Morgan fingerprint density at radius 1 is 0.786 bits per heavy atom. The summed E-state index contributed by atoms with van der Waals surface area (Å²) in [6.45, 7) is 9.55. The van der Waals surface area contributed by atoms with E-state index in [1.165, 1.54) is 0 Å². The topological polar surface area (TPSA) is 55.9 Å². The number of carbonyl (C=O) groups excluding carboxylic acids is 2. The van der Waals surface area contributed by atoms with Gasteiger partial charge in [0.05, 0.1) is 11.4 Å². The van der Waals surface area contributed by atoms with Crippen LogP contribution in [0.1, 0.15) is 34.6 Å². The molecule has 0 saturated carbocycles. The van der Waals surface area contributed by atoms with E-state index in [1.807, 2.05) is 79.8 Å². The number of anilines is 3. The van der Waals surface area contributed by atoms with Gasteiger partial charge in [-0.05, 0) is 59.5 Å². The molecule has 1 N–H and O–H groups in total. The number of carbonyl (C=O) groups is 2. The first-order chi connectivity index (χ1) is 19.9. The van der Waals surface area contributed by atoms with E-state index in [4.69, 9.17) is 0 Å². The van der Waals surface area contributed by atoms with Crippen molar-refractivity contribution in [2.75, 3.05) is 54.9 Å². The molecule has 0 unspecified atom stereocenters. The van der Waals surface area contributed by atoms with Gasteiger partial charge in [-0.2, -0.15) is 0 Å². The van der Waals surface area contributed by atoms with Crippen LogP contribution in [0.15, 0.2) is 103 Å². The lowest BCUT2D eigenvalue weighted by Crippen LogP contribution is -2.47. The Labute approximate surface area is 255 Å². The van der Waals surface area contributed by atoms with Crippen molar-refractivity contribution in [1.29, 1.82) is 0 Å². The standard InChI is InChI=1S/C35H38N4O2.ClH/c1-26(2)25-38-21-23-39(24-22-38)33-16-10-9-15-32(33)37(3)35(41)28-17-19-29(20-18-28)36-34(40)31-14-8-7-13-30(31)27-11-5-4-6-12-27;/h4-20,26H,21-25H2,1-3H3,(H,36,40);1H. The largest absolute Gasteiger partial charge is 0.367 e. The number of nitrogens with zero attached hydrogens (tertiary/aromatic N) is 3. The fourth-order valence-electron chi connectivity index (χ4n) is 5.45. The zero-order valence-corrected chi connectivity index (χ0v) is 25.3. The maximum atomic E-state index is 13.5. The first-order valence-corrected chi connectivity index (χ1v) is 14.3. The highest BCUT2D eigenvalue weighted by Gasteiger charge is 2.23. The van der Waals surface area contributed by atoms with Gasteiger partial charge in [0.2, 0.25) is 0 Å². The molecule has 0 aliphatic carbocycles. The molecule has 0 radical (unpaired) electrons. The van der Waals surface area contributed by atoms with Gasteiger partial charge in [0.1, 0.15) is 0 Å². The lowest BCUT2D eigenvalue weighted by atomic mass is 9.99. The quantitative estimate of drug-likeness (QED) is 0.241. The van der Waals surface area contributed by atoms with Crippen molar-refractivity contribution in [2.24, 2.45) is 5.92 Å². The van der Waals surface area contributed by atoms with E-state index in [2.05, 4.69) is 35.0 Å². The van der Waals surface area contributed by atoms with Gasteiger partial charge in [0.15, 0.2) is 0 Å². The Morgan fingerprint density at radius 2 is 1.40 bits per heavy atom. The molecule has 1 saturated heterocycles.